The zero-order chi connectivity index (χ0) is 27.9. The molecule has 1 amide bonds. The molecule has 0 fully saturated rings. The van der Waals surface area contributed by atoms with Crippen LogP contribution in [0.15, 0.2) is 51.3 Å². The summed E-state index contributed by atoms with van der Waals surface area (Å²) in [4.78, 5) is 27.6. The van der Waals surface area contributed by atoms with Gasteiger partial charge in [-0.3, -0.25) is 19.8 Å². The van der Waals surface area contributed by atoms with Gasteiger partial charge >= 0.3 is 0 Å². The molecule has 2 aliphatic rings. The van der Waals surface area contributed by atoms with E-state index in [1.807, 2.05) is 32.9 Å². The highest BCUT2D eigenvalue weighted by Gasteiger charge is 2.45. The fourth-order valence-corrected chi connectivity index (χ4v) is 7.11. The number of aromatic nitrogens is 4. The number of thioether (sulfide) groups is 1. The van der Waals surface area contributed by atoms with E-state index in [0.29, 0.717) is 43.7 Å². The molecule has 3 N–H and O–H groups in total. The predicted octanol–water partition coefficient (Wildman–Crippen LogP) is 5.02. The van der Waals surface area contributed by atoms with Gasteiger partial charge in [0.25, 0.3) is 0 Å². The first-order chi connectivity index (χ1) is 18.6. The van der Waals surface area contributed by atoms with Gasteiger partial charge in [-0.1, -0.05) is 72.0 Å². The summed E-state index contributed by atoms with van der Waals surface area (Å²) in [5.41, 5.74) is 8.62. The molecule has 39 heavy (non-hydrogen) atoms. The van der Waals surface area contributed by atoms with E-state index in [2.05, 4.69) is 31.8 Å². The van der Waals surface area contributed by atoms with E-state index in [4.69, 9.17) is 17.3 Å². The van der Waals surface area contributed by atoms with Crippen LogP contribution in [0, 0.1) is 23.7 Å². The highest BCUT2D eigenvalue weighted by molar-refractivity contribution is 8.01. The molecule has 200 valence electrons. The fourth-order valence-electron chi connectivity index (χ4n) is 4.70. The molecule has 14 heteroatoms. The molecule has 0 radical (unpaired) electrons. The number of rotatable bonds is 6. The number of aryl methyl sites for hydroxylation is 1. The molecule has 2 aromatic heterocycles. The second-order valence-corrected chi connectivity index (χ2v) is 13.6. The lowest BCUT2D eigenvalue weighted by atomic mass is 9.69. The minimum absolute atomic E-state index is 0.0332. The molecule has 3 heterocycles. The van der Waals surface area contributed by atoms with Crippen molar-refractivity contribution in [2.45, 2.75) is 43.9 Å². The highest BCUT2D eigenvalue weighted by Crippen LogP contribution is 2.50. The minimum atomic E-state index is -0.600. The Balaban J connectivity index is 1.48. The summed E-state index contributed by atoms with van der Waals surface area (Å²) >= 11 is 9.86. The summed E-state index contributed by atoms with van der Waals surface area (Å²) < 4.78 is 0.545. The summed E-state index contributed by atoms with van der Waals surface area (Å²) in [6, 6.07) is 9.36. The summed E-state index contributed by atoms with van der Waals surface area (Å²) in [5, 5.41) is 31.5. The Labute approximate surface area is 242 Å². The molecule has 10 nitrogen and oxygen atoms in total. The van der Waals surface area contributed by atoms with Crippen molar-refractivity contribution in [1.29, 1.82) is 5.26 Å². The normalized spacial score (nSPS) is 18.7. The van der Waals surface area contributed by atoms with Crippen LogP contribution in [0.2, 0.25) is 5.02 Å². The van der Waals surface area contributed by atoms with Crippen molar-refractivity contribution in [2.75, 3.05) is 16.0 Å². The third kappa shape index (κ3) is 5.56. The summed E-state index contributed by atoms with van der Waals surface area (Å²) in [6.45, 7) is 5.87. The largest absolute Gasteiger partial charge is 0.384 e. The number of halogens is 1. The van der Waals surface area contributed by atoms with Gasteiger partial charge in [0.15, 0.2) is 10.1 Å². The average Bonchev–Trinajstić information content (AvgIpc) is 3.50. The van der Waals surface area contributed by atoms with Gasteiger partial charge in [-0.05, 0) is 36.5 Å². The van der Waals surface area contributed by atoms with E-state index in [1.54, 1.807) is 17.0 Å². The maximum atomic E-state index is 13.6. The predicted molar refractivity (Wildman–Crippen MR) is 152 cm³/mol. The molecule has 0 spiro atoms. The maximum absolute atomic E-state index is 13.6. The molecular formula is C25H23ClN8O2S3. The van der Waals surface area contributed by atoms with Crippen LogP contribution in [0.5, 0.6) is 0 Å². The van der Waals surface area contributed by atoms with Crippen molar-refractivity contribution in [2.24, 2.45) is 11.1 Å². The molecular weight excluding hydrogens is 576 g/mol. The number of anilines is 2. The highest BCUT2D eigenvalue weighted by atomic mass is 35.5. The lowest BCUT2D eigenvalue weighted by Gasteiger charge is -2.42. The topological polar surface area (TPSA) is 151 Å². The first-order valence-corrected chi connectivity index (χ1v) is 14.8. The van der Waals surface area contributed by atoms with Gasteiger partial charge in [0.1, 0.15) is 10.8 Å². The van der Waals surface area contributed by atoms with Crippen LogP contribution in [-0.2, 0) is 9.59 Å². The van der Waals surface area contributed by atoms with Gasteiger partial charge in [-0.15, -0.1) is 20.4 Å². The van der Waals surface area contributed by atoms with Crippen LogP contribution < -0.4 is 16.0 Å². The third-order valence-corrected chi connectivity index (χ3v) is 9.32. The quantitative estimate of drug-likeness (QED) is 0.370. The Morgan fingerprint density at radius 3 is 2.64 bits per heavy atom. The Kier molecular flexibility index (Phi) is 7.47. The van der Waals surface area contributed by atoms with E-state index in [0.717, 1.165) is 10.6 Å². The Morgan fingerprint density at radius 2 is 1.97 bits per heavy atom. The number of allylic oxidation sites excluding steroid dienone is 3. The Hall–Kier alpha value is -3.31. The van der Waals surface area contributed by atoms with Crippen molar-refractivity contribution in [3.05, 3.63) is 62.5 Å². The zero-order valence-corrected chi connectivity index (χ0v) is 24.4. The smallest absolute Gasteiger partial charge is 0.236 e. The lowest BCUT2D eigenvalue weighted by molar-refractivity contribution is -0.118. The minimum Gasteiger partial charge on any atom is -0.384 e. The van der Waals surface area contributed by atoms with Crippen molar-refractivity contribution >= 4 is 68.0 Å². The molecule has 1 aromatic carbocycles. The summed E-state index contributed by atoms with van der Waals surface area (Å²) in [7, 11) is 0. The van der Waals surface area contributed by atoms with Crippen molar-refractivity contribution in [1.82, 2.24) is 20.4 Å². The second kappa shape index (κ2) is 10.7. The number of nitrogens with zero attached hydrogens (tertiary/aromatic N) is 6. The van der Waals surface area contributed by atoms with Crippen LogP contribution >= 0.6 is 46.0 Å². The maximum Gasteiger partial charge on any atom is 0.236 e. The molecule has 1 aliphatic carbocycles. The first kappa shape index (κ1) is 27.3. The van der Waals surface area contributed by atoms with Gasteiger partial charge in [0, 0.05) is 22.7 Å². The second-order valence-electron chi connectivity index (χ2n) is 9.85. The molecule has 0 saturated heterocycles. The van der Waals surface area contributed by atoms with Gasteiger partial charge in [0.2, 0.25) is 16.2 Å². The van der Waals surface area contributed by atoms with Crippen LogP contribution in [-0.4, -0.2) is 37.8 Å². The molecule has 5 rings (SSSR count). The summed E-state index contributed by atoms with van der Waals surface area (Å²) in [6.07, 6.45) is 0.909. The van der Waals surface area contributed by atoms with Gasteiger partial charge in [-0.2, -0.15) is 5.26 Å². The van der Waals surface area contributed by atoms with Crippen LogP contribution in [0.3, 0.4) is 0 Å². The number of carbonyl (C=O) groups is 2. The number of nitrogens with one attached hydrogen (secondary N) is 1. The SMILES string of the molecule is Cc1nnc(NC(=O)CSc2nnc(N3C(N)=C(C#N)C(c4ccc(Cl)cc4)C4=C3CC(C)(C)CC4=O)s2)s1. The number of hydrogen-bond donors (Lipinski definition) is 2. The number of Topliss-reactive ketones (excluding diaryl/α,β-unsaturated/α-hetero) is 1. The van der Waals surface area contributed by atoms with Crippen LogP contribution in [0.4, 0.5) is 10.3 Å². The summed E-state index contributed by atoms with van der Waals surface area (Å²) in [5.74, 6) is -0.572. The van der Waals surface area contributed by atoms with Gasteiger partial charge < -0.3 is 5.73 Å². The number of amides is 1. The number of carbonyl (C=O) groups excluding carboxylic acids is 2. The van der Waals surface area contributed by atoms with Gasteiger partial charge in [-0.25, -0.2) is 0 Å². The van der Waals surface area contributed by atoms with Crippen molar-refractivity contribution in [3.8, 4) is 6.07 Å². The number of ketones is 1. The molecule has 1 atom stereocenters. The monoisotopic (exact) mass is 598 g/mol. The molecule has 1 aliphatic heterocycles. The van der Waals surface area contributed by atoms with Gasteiger partial charge in [0.05, 0.1) is 23.3 Å². The zero-order valence-electron chi connectivity index (χ0n) is 21.2. The van der Waals surface area contributed by atoms with E-state index in [-0.39, 0.29) is 34.3 Å². The van der Waals surface area contributed by atoms with Crippen LogP contribution in [0.25, 0.3) is 0 Å². The number of hydrogen-bond acceptors (Lipinski definition) is 12. The van der Waals surface area contributed by atoms with Crippen molar-refractivity contribution in [3.63, 3.8) is 0 Å². The molecule has 1 unspecified atom stereocenters. The van der Waals surface area contributed by atoms with Crippen LogP contribution in [0.1, 0.15) is 43.2 Å². The van der Waals surface area contributed by atoms with E-state index >= 15 is 0 Å². The molecule has 3 aromatic rings. The van der Waals surface area contributed by atoms with E-state index in [9.17, 15) is 14.9 Å². The average molecular weight is 599 g/mol. The Bertz CT molecular complexity index is 1570. The number of nitriles is 1. The number of benzene rings is 1. The number of nitrogens with two attached hydrogens (primary N) is 1. The lowest BCUT2D eigenvalue weighted by Crippen LogP contribution is -2.42. The standard InChI is InChI=1S/C25H23ClN8O2S3/c1-12-30-31-22(38-12)29-18(36)11-37-24-33-32-23(39-24)34-16-8-25(2,3)9-17(35)20(16)19(15(10-27)21(34)28)13-4-6-14(26)7-5-13/h4-7,19H,8-9,11,28H2,1-3H3,(H,29,31,36). The molecule has 0 bridgehead atoms. The Morgan fingerprint density at radius 1 is 1.23 bits per heavy atom. The fraction of sp³-hybridized carbons (Fsp3) is 0.320. The first-order valence-electron chi connectivity index (χ1n) is 11.8. The van der Waals surface area contributed by atoms with E-state index < -0.39 is 5.92 Å². The third-order valence-electron chi connectivity index (χ3n) is 6.27. The molecule has 0 saturated carbocycles. The van der Waals surface area contributed by atoms with E-state index in [1.165, 1.54) is 34.4 Å². The van der Waals surface area contributed by atoms with Crippen molar-refractivity contribution < 1.29 is 9.59 Å².